The van der Waals surface area contributed by atoms with Gasteiger partial charge in [0.2, 0.25) is 0 Å². The second-order valence-corrected chi connectivity index (χ2v) is 10.0. The van der Waals surface area contributed by atoms with Gasteiger partial charge in [0.25, 0.3) is 5.91 Å². The summed E-state index contributed by atoms with van der Waals surface area (Å²) >= 11 is 0. The first-order valence-corrected chi connectivity index (χ1v) is 12.4. The molecule has 2 aromatic heterocycles. The number of nitrogens with one attached hydrogen (secondary N) is 2. The van der Waals surface area contributed by atoms with E-state index in [-0.39, 0.29) is 11.9 Å². The summed E-state index contributed by atoms with van der Waals surface area (Å²) in [6.07, 6.45) is 1.69. The molecule has 1 aliphatic heterocycles. The van der Waals surface area contributed by atoms with Gasteiger partial charge in [-0.25, -0.2) is 9.97 Å². The van der Waals surface area contributed by atoms with Crippen molar-refractivity contribution in [2.45, 2.75) is 39.2 Å². The van der Waals surface area contributed by atoms with Gasteiger partial charge in [-0.1, -0.05) is 18.2 Å². The number of amides is 1. The molecule has 0 saturated carbocycles. The minimum atomic E-state index is -0.681. The van der Waals surface area contributed by atoms with Crippen molar-refractivity contribution in [3.63, 3.8) is 0 Å². The number of hydrogen-bond donors (Lipinski definition) is 2. The van der Waals surface area contributed by atoms with Crippen molar-refractivity contribution >= 4 is 28.4 Å². The van der Waals surface area contributed by atoms with Crippen molar-refractivity contribution < 1.29 is 9.53 Å². The third kappa shape index (κ3) is 4.78. The number of carbonyl (C=O) groups excluding carboxylic acids is 1. The first kappa shape index (κ1) is 24.5. The zero-order chi connectivity index (χ0) is 26.2. The molecule has 0 aliphatic carbocycles. The number of nitriles is 1. The van der Waals surface area contributed by atoms with Crippen LogP contribution < -0.4 is 10.2 Å². The number of fused-ring (bicyclic) bond motifs is 1. The summed E-state index contributed by atoms with van der Waals surface area (Å²) in [6.45, 7) is 9.87. The summed E-state index contributed by atoms with van der Waals surface area (Å²) in [4.78, 5) is 28.2. The molecule has 0 unspecified atom stereocenters. The van der Waals surface area contributed by atoms with Gasteiger partial charge in [-0.2, -0.15) is 5.26 Å². The molecule has 0 bridgehead atoms. The van der Waals surface area contributed by atoms with Crippen LogP contribution in [-0.2, 0) is 10.2 Å². The van der Waals surface area contributed by atoms with E-state index in [1.807, 2.05) is 57.2 Å². The largest absolute Gasteiger partial charge is 0.377 e. The highest BCUT2D eigenvalue weighted by atomic mass is 16.5. The Morgan fingerprint density at radius 1 is 1.24 bits per heavy atom. The highest BCUT2D eigenvalue weighted by Crippen LogP contribution is 2.33. The van der Waals surface area contributed by atoms with E-state index in [0.29, 0.717) is 24.5 Å². The minimum Gasteiger partial charge on any atom is -0.377 e. The number of ether oxygens (including phenoxy) is 1. The number of aryl methyl sites for hydroxylation is 1. The van der Waals surface area contributed by atoms with Gasteiger partial charge in [-0.05, 0) is 69.2 Å². The van der Waals surface area contributed by atoms with Crippen LogP contribution in [-0.4, -0.2) is 46.7 Å². The van der Waals surface area contributed by atoms with Gasteiger partial charge < -0.3 is 19.9 Å². The van der Waals surface area contributed by atoms with Crippen molar-refractivity contribution in [3.8, 4) is 17.3 Å². The lowest BCUT2D eigenvalue weighted by Gasteiger charge is -2.34. The van der Waals surface area contributed by atoms with Crippen LogP contribution in [0.3, 0.4) is 0 Å². The number of carbonyl (C=O) groups is 1. The Hall–Kier alpha value is -4.22. The Labute approximate surface area is 216 Å². The number of aromatic amines is 1. The van der Waals surface area contributed by atoms with Gasteiger partial charge in [-0.3, -0.25) is 4.79 Å². The molecule has 1 saturated heterocycles. The monoisotopic (exact) mass is 494 g/mol. The van der Waals surface area contributed by atoms with Gasteiger partial charge in [0, 0.05) is 23.4 Å². The summed E-state index contributed by atoms with van der Waals surface area (Å²) in [5.74, 6) is 0.598. The fourth-order valence-electron chi connectivity index (χ4n) is 4.60. The predicted octanol–water partition coefficient (Wildman–Crippen LogP) is 5.21. The number of aromatic nitrogens is 3. The molecule has 0 spiro atoms. The number of H-pyrrole nitrogens is 1. The molecule has 4 aromatic rings. The molecule has 37 heavy (non-hydrogen) atoms. The Balaban J connectivity index is 1.49. The molecule has 5 rings (SSSR count). The summed E-state index contributed by atoms with van der Waals surface area (Å²) in [5, 5.41) is 12.5. The van der Waals surface area contributed by atoms with Gasteiger partial charge in [0.1, 0.15) is 5.52 Å². The fourth-order valence-corrected chi connectivity index (χ4v) is 4.60. The lowest BCUT2D eigenvalue weighted by atomic mass is 9.85. The number of pyridine rings is 1. The quantitative estimate of drug-likeness (QED) is 0.394. The van der Waals surface area contributed by atoms with Crippen molar-refractivity contribution in [1.29, 1.82) is 5.26 Å². The molecule has 1 amide bonds. The number of hydrogen-bond acceptors (Lipinski definition) is 6. The molecule has 1 aliphatic rings. The van der Waals surface area contributed by atoms with Gasteiger partial charge in [0.05, 0.1) is 48.3 Å². The highest BCUT2D eigenvalue weighted by Gasteiger charge is 2.25. The van der Waals surface area contributed by atoms with E-state index in [0.717, 1.165) is 45.8 Å². The highest BCUT2D eigenvalue weighted by molar-refractivity contribution is 6.04. The third-order valence-electron chi connectivity index (χ3n) is 6.93. The topological polar surface area (TPSA) is 107 Å². The fraction of sp³-hybridized carbons (Fsp3) is 0.310. The minimum absolute atomic E-state index is 0.185. The van der Waals surface area contributed by atoms with Crippen molar-refractivity contribution in [2.75, 3.05) is 30.0 Å². The molecular weight excluding hydrogens is 464 g/mol. The molecule has 3 heterocycles. The van der Waals surface area contributed by atoms with Crippen LogP contribution in [0.4, 0.5) is 11.5 Å². The maximum Gasteiger partial charge on any atom is 0.255 e. The van der Waals surface area contributed by atoms with E-state index in [4.69, 9.17) is 9.72 Å². The molecule has 1 fully saturated rings. The maximum atomic E-state index is 13.1. The standard InChI is InChI=1S/C29H30N6O2/c1-18-8-9-22(33-28(36)20-6-5-7-21(12-20)29(3,4)16-30)13-23(18)24-14-25-26(32-17-31-25)27(34-24)35-10-11-37-15-19(35)2/h5-9,12-14,17,19H,10-11,15H2,1-4H3,(H,31,32)(H,33,36)/t19-/m1/s1. The number of benzene rings is 2. The number of rotatable bonds is 5. The van der Waals surface area contributed by atoms with E-state index < -0.39 is 5.41 Å². The van der Waals surface area contributed by atoms with Crippen molar-refractivity contribution in [3.05, 3.63) is 71.5 Å². The molecule has 2 N–H and O–H groups in total. The average Bonchev–Trinajstić information content (AvgIpc) is 3.38. The Morgan fingerprint density at radius 2 is 2.08 bits per heavy atom. The van der Waals surface area contributed by atoms with Crippen molar-refractivity contribution in [1.82, 2.24) is 15.0 Å². The summed E-state index contributed by atoms with van der Waals surface area (Å²) in [5.41, 5.74) is 5.81. The van der Waals surface area contributed by atoms with E-state index >= 15 is 0 Å². The van der Waals surface area contributed by atoms with Crippen LogP contribution in [0.25, 0.3) is 22.3 Å². The van der Waals surface area contributed by atoms with Gasteiger partial charge >= 0.3 is 0 Å². The van der Waals surface area contributed by atoms with Crippen LogP contribution in [0.15, 0.2) is 54.9 Å². The van der Waals surface area contributed by atoms with E-state index in [9.17, 15) is 10.1 Å². The number of anilines is 2. The van der Waals surface area contributed by atoms with Gasteiger partial charge in [0.15, 0.2) is 5.82 Å². The van der Waals surface area contributed by atoms with E-state index in [1.54, 1.807) is 18.5 Å². The Bertz CT molecular complexity index is 1520. The second-order valence-electron chi connectivity index (χ2n) is 10.0. The lowest BCUT2D eigenvalue weighted by Crippen LogP contribution is -2.44. The Kier molecular flexibility index (Phi) is 6.40. The smallest absolute Gasteiger partial charge is 0.255 e. The predicted molar refractivity (Wildman–Crippen MR) is 145 cm³/mol. The van der Waals surface area contributed by atoms with Crippen LogP contribution in [0, 0.1) is 18.3 Å². The molecule has 0 radical (unpaired) electrons. The van der Waals surface area contributed by atoms with Crippen LogP contribution in [0.5, 0.6) is 0 Å². The van der Waals surface area contributed by atoms with Gasteiger partial charge in [-0.15, -0.1) is 0 Å². The molecule has 1 atom stereocenters. The van der Waals surface area contributed by atoms with Crippen LogP contribution >= 0.6 is 0 Å². The first-order valence-electron chi connectivity index (χ1n) is 12.4. The van der Waals surface area contributed by atoms with Crippen LogP contribution in [0.1, 0.15) is 42.3 Å². The maximum absolute atomic E-state index is 13.1. The first-order chi connectivity index (χ1) is 17.8. The third-order valence-corrected chi connectivity index (χ3v) is 6.93. The summed E-state index contributed by atoms with van der Waals surface area (Å²) in [7, 11) is 0. The van der Waals surface area contributed by atoms with Crippen molar-refractivity contribution in [2.24, 2.45) is 0 Å². The molecule has 8 heteroatoms. The summed E-state index contributed by atoms with van der Waals surface area (Å²) in [6, 6.07) is 17.5. The molecule has 188 valence electrons. The van der Waals surface area contributed by atoms with Crippen LogP contribution in [0.2, 0.25) is 0 Å². The normalized spacial score (nSPS) is 16.0. The molecule has 8 nitrogen and oxygen atoms in total. The number of imidazole rings is 1. The SMILES string of the molecule is Cc1ccc(NC(=O)c2cccc(C(C)(C)C#N)c2)cc1-c1cc2[nH]cnc2c(N2CCOC[C@H]2C)n1. The molecule has 2 aromatic carbocycles. The number of nitrogens with zero attached hydrogens (tertiary/aromatic N) is 4. The second kappa shape index (κ2) is 9.68. The number of morpholine rings is 1. The molecular formula is C29H30N6O2. The average molecular weight is 495 g/mol. The van der Waals surface area contributed by atoms with E-state index in [2.05, 4.69) is 33.2 Å². The Morgan fingerprint density at radius 3 is 2.86 bits per heavy atom. The van der Waals surface area contributed by atoms with E-state index in [1.165, 1.54) is 0 Å². The zero-order valence-electron chi connectivity index (χ0n) is 21.5. The summed E-state index contributed by atoms with van der Waals surface area (Å²) < 4.78 is 5.63. The lowest BCUT2D eigenvalue weighted by molar-refractivity contribution is 0.0987. The zero-order valence-corrected chi connectivity index (χ0v) is 21.5.